The van der Waals surface area contributed by atoms with Crippen LogP contribution in [0.5, 0.6) is 5.75 Å². The fourth-order valence-corrected chi connectivity index (χ4v) is 2.99. The van der Waals surface area contributed by atoms with Crippen molar-refractivity contribution < 1.29 is 26.2 Å². The molecule has 1 aromatic rings. The average molecular weight is 370 g/mol. The first-order valence-corrected chi connectivity index (χ1v) is 7.75. The fraction of sp³-hybridized carbons (Fsp3) is 0.364. The number of benzene rings is 1. The molecular weight excluding hydrogens is 360 g/mol. The molecule has 5 nitrogen and oxygen atoms in total. The Morgan fingerprint density at radius 1 is 1.45 bits per heavy atom. The Kier molecular flexibility index (Phi) is 4.01. The maximum atomic E-state index is 13.4. The summed E-state index contributed by atoms with van der Waals surface area (Å²) in [6, 6.07) is 2.35. The molecule has 1 aromatic carbocycles. The standard InChI is InChI=1S/C11H10BrF2NO4S/c1-19-10-4-8(13)7(12)3-9(10)15-5-6(2-11(15)16)20(14,17)18/h3-4,6H,2,5H2,1H3. The van der Waals surface area contributed by atoms with Gasteiger partial charge in [0.05, 0.1) is 17.3 Å². The molecule has 0 aliphatic carbocycles. The first-order valence-electron chi connectivity index (χ1n) is 5.51. The number of anilines is 1. The van der Waals surface area contributed by atoms with Crippen LogP contribution in [0.4, 0.5) is 14.0 Å². The Labute approximate surface area is 122 Å². The minimum absolute atomic E-state index is 0.0657. The molecule has 0 bridgehead atoms. The summed E-state index contributed by atoms with van der Waals surface area (Å²) in [6.45, 7) is -0.327. The zero-order valence-corrected chi connectivity index (χ0v) is 12.7. The quantitative estimate of drug-likeness (QED) is 0.764. The van der Waals surface area contributed by atoms with Gasteiger partial charge in [0, 0.05) is 19.0 Å². The van der Waals surface area contributed by atoms with Gasteiger partial charge in [-0.1, -0.05) is 0 Å². The third-order valence-electron chi connectivity index (χ3n) is 3.00. The highest BCUT2D eigenvalue weighted by Crippen LogP contribution is 2.36. The predicted molar refractivity (Wildman–Crippen MR) is 71.4 cm³/mol. The van der Waals surface area contributed by atoms with Crippen LogP contribution in [0.2, 0.25) is 0 Å². The van der Waals surface area contributed by atoms with Crippen molar-refractivity contribution in [3.63, 3.8) is 0 Å². The van der Waals surface area contributed by atoms with E-state index in [0.29, 0.717) is 0 Å². The van der Waals surface area contributed by atoms with Crippen LogP contribution in [0.25, 0.3) is 0 Å². The summed E-state index contributed by atoms with van der Waals surface area (Å²) < 4.78 is 53.2. The number of hydrogen-bond acceptors (Lipinski definition) is 4. The molecule has 2 rings (SSSR count). The van der Waals surface area contributed by atoms with Crippen LogP contribution in [0.1, 0.15) is 6.42 Å². The minimum atomic E-state index is -4.80. The summed E-state index contributed by atoms with van der Waals surface area (Å²) in [5.41, 5.74) is 0.192. The molecule has 0 N–H and O–H groups in total. The van der Waals surface area contributed by atoms with Crippen molar-refractivity contribution >= 4 is 37.7 Å². The maximum absolute atomic E-state index is 13.4. The van der Waals surface area contributed by atoms with E-state index in [0.717, 1.165) is 11.0 Å². The van der Waals surface area contributed by atoms with Crippen LogP contribution in [0.3, 0.4) is 0 Å². The number of ether oxygens (including phenoxy) is 1. The molecule has 1 heterocycles. The fourth-order valence-electron chi connectivity index (χ4n) is 1.99. The van der Waals surface area contributed by atoms with Gasteiger partial charge in [0.1, 0.15) is 16.8 Å². The van der Waals surface area contributed by atoms with Crippen LogP contribution < -0.4 is 9.64 Å². The summed E-state index contributed by atoms with van der Waals surface area (Å²) >= 11 is 2.97. The van der Waals surface area contributed by atoms with Crippen molar-refractivity contribution in [2.45, 2.75) is 11.7 Å². The number of methoxy groups -OCH3 is 1. The van der Waals surface area contributed by atoms with Gasteiger partial charge in [0.2, 0.25) is 5.91 Å². The van der Waals surface area contributed by atoms with Gasteiger partial charge in [0.25, 0.3) is 0 Å². The molecular formula is C11H10BrF2NO4S. The van der Waals surface area contributed by atoms with E-state index in [1.54, 1.807) is 0 Å². The molecule has 0 aromatic heterocycles. The molecule has 1 amide bonds. The highest BCUT2D eigenvalue weighted by molar-refractivity contribution is 9.10. The van der Waals surface area contributed by atoms with Crippen molar-refractivity contribution in [2.75, 3.05) is 18.6 Å². The molecule has 1 atom stereocenters. The zero-order valence-electron chi connectivity index (χ0n) is 10.3. The van der Waals surface area contributed by atoms with Gasteiger partial charge in [-0.3, -0.25) is 4.79 Å². The number of carbonyl (C=O) groups excluding carboxylic acids is 1. The smallest absolute Gasteiger partial charge is 0.307 e. The largest absolute Gasteiger partial charge is 0.494 e. The second-order valence-electron chi connectivity index (χ2n) is 4.24. The van der Waals surface area contributed by atoms with Gasteiger partial charge in [0.15, 0.2) is 0 Å². The number of halogens is 3. The molecule has 0 spiro atoms. The number of nitrogens with zero attached hydrogens (tertiary/aromatic N) is 1. The van der Waals surface area contributed by atoms with Crippen LogP contribution >= 0.6 is 15.9 Å². The lowest BCUT2D eigenvalue weighted by Gasteiger charge is -2.19. The van der Waals surface area contributed by atoms with Crippen molar-refractivity contribution in [1.82, 2.24) is 0 Å². The molecule has 110 valence electrons. The maximum Gasteiger partial charge on any atom is 0.307 e. The van der Waals surface area contributed by atoms with Gasteiger partial charge in [-0.25, -0.2) is 4.39 Å². The van der Waals surface area contributed by atoms with Crippen LogP contribution in [-0.2, 0) is 15.0 Å². The summed E-state index contributed by atoms with van der Waals surface area (Å²) in [5.74, 6) is -1.09. The lowest BCUT2D eigenvalue weighted by atomic mass is 10.2. The van der Waals surface area contributed by atoms with Crippen LogP contribution in [0, 0.1) is 5.82 Å². The number of carbonyl (C=O) groups is 1. The average Bonchev–Trinajstić information content (AvgIpc) is 2.74. The molecule has 1 unspecified atom stereocenters. The number of hydrogen-bond donors (Lipinski definition) is 0. The zero-order chi connectivity index (χ0) is 15.1. The van der Waals surface area contributed by atoms with Crippen molar-refractivity contribution in [1.29, 1.82) is 0 Å². The molecule has 0 saturated carbocycles. The third-order valence-corrected chi connectivity index (χ3v) is 4.72. The molecule has 1 aliphatic heterocycles. The summed E-state index contributed by atoms with van der Waals surface area (Å²) in [7, 11) is -3.52. The molecule has 20 heavy (non-hydrogen) atoms. The van der Waals surface area contributed by atoms with E-state index >= 15 is 0 Å². The first kappa shape index (κ1) is 15.2. The number of rotatable bonds is 3. The Morgan fingerprint density at radius 2 is 2.10 bits per heavy atom. The lowest BCUT2D eigenvalue weighted by molar-refractivity contribution is -0.117. The normalized spacial score (nSPS) is 19.5. The third kappa shape index (κ3) is 2.78. The molecule has 1 fully saturated rings. The SMILES string of the molecule is COc1cc(F)c(Br)cc1N1CC(S(=O)(=O)F)CC1=O. The minimum Gasteiger partial charge on any atom is -0.494 e. The first-order chi connectivity index (χ1) is 9.24. The predicted octanol–water partition coefficient (Wildman–Crippen LogP) is 2.00. The van der Waals surface area contributed by atoms with E-state index in [9.17, 15) is 21.5 Å². The van der Waals surface area contributed by atoms with Crippen molar-refractivity contribution in [3.8, 4) is 5.75 Å². The van der Waals surface area contributed by atoms with E-state index in [2.05, 4.69) is 15.9 Å². The van der Waals surface area contributed by atoms with Crippen LogP contribution in [-0.4, -0.2) is 33.2 Å². The summed E-state index contributed by atoms with van der Waals surface area (Å²) in [4.78, 5) is 12.9. The van der Waals surface area contributed by atoms with Crippen LogP contribution in [0.15, 0.2) is 16.6 Å². The van der Waals surface area contributed by atoms with E-state index in [1.165, 1.54) is 13.2 Å². The Balaban J connectivity index is 2.42. The molecule has 1 aliphatic rings. The highest BCUT2D eigenvalue weighted by Gasteiger charge is 2.40. The monoisotopic (exact) mass is 369 g/mol. The summed E-state index contributed by atoms with van der Waals surface area (Å²) in [6.07, 6.45) is -0.447. The van der Waals surface area contributed by atoms with Gasteiger partial charge >= 0.3 is 10.2 Å². The van der Waals surface area contributed by atoms with Gasteiger partial charge in [-0.05, 0) is 22.0 Å². The van der Waals surface area contributed by atoms with Crippen molar-refractivity contribution in [2.24, 2.45) is 0 Å². The second kappa shape index (κ2) is 5.28. The van der Waals surface area contributed by atoms with E-state index < -0.39 is 33.6 Å². The van der Waals surface area contributed by atoms with E-state index in [1.807, 2.05) is 0 Å². The number of amides is 1. The Bertz CT molecular complexity index is 665. The van der Waals surface area contributed by atoms with Gasteiger partial charge < -0.3 is 9.64 Å². The Morgan fingerprint density at radius 3 is 2.60 bits per heavy atom. The van der Waals surface area contributed by atoms with Gasteiger partial charge in [-0.2, -0.15) is 8.42 Å². The van der Waals surface area contributed by atoms with Crippen molar-refractivity contribution in [3.05, 3.63) is 22.4 Å². The Hall–Kier alpha value is -1.22. The second-order valence-corrected chi connectivity index (χ2v) is 6.72. The topological polar surface area (TPSA) is 63.7 Å². The van der Waals surface area contributed by atoms with E-state index in [4.69, 9.17) is 4.74 Å². The molecule has 0 radical (unpaired) electrons. The highest BCUT2D eigenvalue weighted by atomic mass is 79.9. The summed E-state index contributed by atoms with van der Waals surface area (Å²) in [5, 5.41) is -1.41. The van der Waals surface area contributed by atoms with Gasteiger partial charge in [-0.15, -0.1) is 3.89 Å². The molecule has 9 heteroatoms. The lowest BCUT2D eigenvalue weighted by Crippen LogP contribution is -2.27. The van der Waals surface area contributed by atoms with E-state index in [-0.39, 0.29) is 22.5 Å². The molecule has 1 saturated heterocycles.